The Morgan fingerprint density at radius 1 is 1.33 bits per heavy atom. The Morgan fingerprint density at radius 3 is 2.71 bits per heavy atom. The maximum Gasteiger partial charge on any atom is 0.410 e. The van der Waals surface area contributed by atoms with E-state index in [0.29, 0.717) is 24.1 Å². The predicted octanol–water partition coefficient (Wildman–Crippen LogP) is 2.61. The normalized spacial score (nSPS) is 19.0. The lowest BCUT2D eigenvalue weighted by molar-refractivity contribution is 0.0295. The van der Waals surface area contributed by atoms with Gasteiger partial charge in [-0.3, -0.25) is 0 Å². The van der Waals surface area contributed by atoms with Gasteiger partial charge in [0.25, 0.3) is 0 Å². The number of oxazole rings is 1. The smallest absolute Gasteiger partial charge is 0.410 e. The van der Waals surface area contributed by atoms with Crippen LogP contribution in [0.2, 0.25) is 0 Å². The Hall–Kier alpha value is -2.09. The maximum absolute atomic E-state index is 12.7. The molecule has 1 unspecified atom stereocenters. The molecule has 7 nitrogen and oxygen atoms in total. The Kier molecular flexibility index (Phi) is 4.03. The lowest BCUT2D eigenvalue weighted by Crippen LogP contribution is -2.36. The van der Waals surface area contributed by atoms with E-state index >= 15 is 0 Å². The van der Waals surface area contributed by atoms with E-state index < -0.39 is 26.8 Å². The number of carbonyl (C=O) groups excluding carboxylic acids is 1. The van der Waals surface area contributed by atoms with Gasteiger partial charge in [0.15, 0.2) is 5.58 Å². The van der Waals surface area contributed by atoms with Crippen LogP contribution >= 0.6 is 0 Å². The number of carbonyl (C=O) groups is 1. The van der Waals surface area contributed by atoms with Crippen LogP contribution in [-0.2, 0) is 14.6 Å². The van der Waals surface area contributed by atoms with Gasteiger partial charge >= 0.3 is 11.3 Å². The fourth-order valence-corrected chi connectivity index (χ4v) is 4.10. The topological polar surface area (TPSA) is 89.7 Å². The molecule has 1 aromatic heterocycles. The monoisotopic (exact) mass is 352 g/mol. The predicted molar refractivity (Wildman–Crippen MR) is 87.4 cm³/mol. The molecule has 0 N–H and O–H groups in total. The first kappa shape index (κ1) is 16.8. The van der Waals surface area contributed by atoms with Crippen molar-refractivity contribution in [1.82, 2.24) is 9.88 Å². The molecule has 24 heavy (non-hydrogen) atoms. The third-order valence-electron chi connectivity index (χ3n) is 3.75. The van der Waals surface area contributed by atoms with E-state index in [9.17, 15) is 13.2 Å². The van der Waals surface area contributed by atoms with Gasteiger partial charge in [0.1, 0.15) is 11.1 Å². The van der Waals surface area contributed by atoms with Gasteiger partial charge < -0.3 is 14.1 Å². The van der Waals surface area contributed by atoms with Gasteiger partial charge in [-0.2, -0.15) is 4.98 Å². The van der Waals surface area contributed by atoms with Gasteiger partial charge in [0.2, 0.25) is 9.84 Å². The van der Waals surface area contributed by atoms with Crippen molar-refractivity contribution in [2.75, 3.05) is 13.1 Å². The third-order valence-corrected chi connectivity index (χ3v) is 5.68. The SMILES string of the molecule is CC(C)(C)OC(=O)N1CCC(S(=O)(=O)c2nc3ccccc3o2)C1. The molecule has 1 fully saturated rings. The Labute approximate surface area is 140 Å². The second-order valence-electron chi connectivity index (χ2n) is 6.83. The Morgan fingerprint density at radius 2 is 2.04 bits per heavy atom. The van der Waals surface area contributed by atoms with Gasteiger partial charge in [-0.25, -0.2) is 13.2 Å². The molecule has 1 saturated heterocycles. The van der Waals surface area contributed by atoms with Crippen molar-refractivity contribution >= 4 is 27.0 Å². The molecule has 1 amide bonds. The second-order valence-corrected chi connectivity index (χ2v) is 8.94. The first-order valence-electron chi connectivity index (χ1n) is 7.74. The van der Waals surface area contributed by atoms with Crippen molar-refractivity contribution in [3.63, 3.8) is 0 Å². The maximum atomic E-state index is 12.7. The summed E-state index contributed by atoms with van der Waals surface area (Å²) in [4.78, 5) is 17.6. The largest absolute Gasteiger partial charge is 0.444 e. The zero-order valence-electron chi connectivity index (χ0n) is 13.9. The van der Waals surface area contributed by atoms with Gasteiger partial charge in [0, 0.05) is 13.1 Å². The molecule has 0 saturated carbocycles. The zero-order valence-corrected chi connectivity index (χ0v) is 14.7. The van der Waals surface area contributed by atoms with Crippen molar-refractivity contribution in [2.24, 2.45) is 0 Å². The molecule has 8 heteroatoms. The van der Waals surface area contributed by atoms with E-state index in [1.54, 1.807) is 45.0 Å². The summed E-state index contributed by atoms with van der Waals surface area (Å²) in [6.07, 6.45) is -0.168. The van der Waals surface area contributed by atoms with Crippen LogP contribution in [0.25, 0.3) is 11.1 Å². The average Bonchev–Trinajstić information content (AvgIpc) is 3.13. The molecule has 0 aliphatic carbocycles. The number of rotatable bonds is 2. The van der Waals surface area contributed by atoms with E-state index in [2.05, 4.69) is 4.98 Å². The molecular formula is C16H20N2O5S. The fraction of sp³-hybridized carbons (Fsp3) is 0.500. The molecule has 1 aromatic carbocycles. The Bertz CT molecular complexity index is 833. The molecule has 0 bridgehead atoms. The van der Waals surface area contributed by atoms with Crippen molar-refractivity contribution in [3.8, 4) is 0 Å². The molecule has 130 valence electrons. The van der Waals surface area contributed by atoms with Crippen LogP contribution in [0.5, 0.6) is 0 Å². The minimum absolute atomic E-state index is 0.0793. The number of hydrogen-bond acceptors (Lipinski definition) is 6. The van der Waals surface area contributed by atoms with Crippen LogP contribution in [0, 0.1) is 0 Å². The van der Waals surface area contributed by atoms with Gasteiger partial charge in [0.05, 0.1) is 5.25 Å². The van der Waals surface area contributed by atoms with E-state index in [1.807, 2.05) is 0 Å². The third kappa shape index (κ3) is 3.24. The number of sulfone groups is 1. The molecule has 0 radical (unpaired) electrons. The van der Waals surface area contributed by atoms with Crippen LogP contribution in [0.4, 0.5) is 4.79 Å². The number of amides is 1. The first-order valence-corrected chi connectivity index (χ1v) is 9.29. The Balaban J connectivity index is 1.78. The fourth-order valence-electron chi connectivity index (χ4n) is 2.59. The number of para-hydroxylation sites is 2. The molecule has 1 atom stereocenters. The van der Waals surface area contributed by atoms with Crippen LogP contribution in [0.3, 0.4) is 0 Å². The summed E-state index contributed by atoms with van der Waals surface area (Å²) in [6.45, 7) is 5.73. The summed E-state index contributed by atoms with van der Waals surface area (Å²) in [5.41, 5.74) is 0.310. The number of benzene rings is 1. The number of hydrogen-bond donors (Lipinski definition) is 0. The van der Waals surface area contributed by atoms with Crippen LogP contribution in [0.15, 0.2) is 33.9 Å². The molecule has 1 aliphatic heterocycles. The number of ether oxygens (including phenoxy) is 1. The number of fused-ring (bicyclic) bond motifs is 1. The molecule has 2 heterocycles. The lowest BCUT2D eigenvalue weighted by Gasteiger charge is -2.24. The van der Waals surface area contributed by atoms with E-state index in [4.69, 9.17) is 9.15 Å². The summed E-state index contributed by atoms with van der Waals surface area (Å²) in [5.74, 6) is 0. The molecule has 1 aliphatic rings. The minimum Gasteiger partial charge on any atom is -0.444 e. The molecule has 3 rings (SSSR count). The van der Waals surface area contributed by atoms with Crippen molar-refractivity contribution < 1.29 is 22.4 Å². The lowest BCUT2D eigenvalue weighted by atomic mass is 10.2. The standard InChI is InChI=1S/C16H20N2O5S/c1-16(2,3)23-15(19)18-9-8-11(10-18)24(20,21)14-17-12-6-4-5-7-13(12)22-14/h4-7,11H,8-10H2,1-3H3. The van der Waals surface area contributed by atoms with Crippen LogP contribution < -0.4 is 0 Å². The highest BCUT2D eigenvalue weighted by atomic mass is 32.2. The summed E-state index contributed by atoms with van der Waals surface area (Å²) in [7, 11) is -3.74. The number of nitrogens with zero attached hydrogens (tertiary/aromatic N) is 2. The highest BCUT2D eigenvalue weighted by molar-refractivity contribution is 7.91. The van der Waals surface area contributed by atoms with Crippen molar-refractivity contribution in [2.45, 2.75) is 43.3 Å². The highest BCUT2D eigenvalue weighted by Gasteiger charge is 2.40. The minimum atomic E-state index is -3.74. The average molecular weight is 352 g/mol. The van der Waals surface area contributed by atoms with Gasteiger partial charge in [-0.1, -0.05) is 12.1 Å². The van der Waals surface area contributed by atoms with E-state index in [1.165, 1.54) is 4.90 Å². The van der Waals surface area contributed by atoms with Crippen LogP contribution in [-0.4, -0.2) is 48.3 Å². The van der Waals surface area contributed by atoms with Crippen LogP contribution in [0.1, 0.15) is 27.2 Å². The zero-order chi connectivity index (χ0) is 17.5. The van der Waals surface area contributed by atoms with Crippen molar-refractivity contribution in [1.29, 1.82) is 0 Å². The highest BCUT2D eigenvalue weighted by Crippen LogP contribution is 2.27. The molecule has 0 spiro atoms. The molecule has 2 aromatic rings. The van der Waals surface area contributed by atoms with Crippen molar-refractivity contribution in [3.05, 3.63) is 24.3 Å². The quantitative estimate of drug-likeness (QED) is 0.825. The summed E-state index contributed by atoms with van der Waals surface area (Å²) in [5, 5.41) is -1.03. The summed E-state index contributed by atoms with van der Waals surface area (Å²) < 4.78 is 36.1. The van der Waals surface area contributed by atoms with Gasteiger partial charge in [-0.15, -0.1) is 0 Å². The second kappa shape index (κ2) is 5.77. The van der Waals surface area contributed by atoms with E-state index in [0.717, 1.165) is 0 Å². The van der Waals surface area contributed by atoms with E-state index in [-0.39, 0.29) is 11.8 Å². The molecular weight excluding hydrogens is 332 g/mol. The summed E-state index contributed by atoms with van der Waals surface area (Å²) in [6, 6.07) is 6.88. The van der Waals surface area contributed by atoms with Gasteiger partial charge in [-0.05, 0) is 39.3 Å². The number of likely N-dealkylation sites (tertiary alicyclic amines) is 1. The summed E-state index contributed by atoms with van der Waals surface area (Å²) >= 11 is 0. The first-order chi connectivity index (χ1) is 11.2. The number of aromatic nitrogens is 1.